The number of fused-ring (bicyclic) bond motifs is 2. The Hall–Kier alpha value is -3.63. The number of piperazine rings is 1. The van der Waals surface area contributed by atoms with E-state index in [9.17, 15) is 4.79 Å². The number of aliphatic imine (C=N–C) groups is 1. The number of nitrogens with zero attached hydrogens (tertiary/aromatic N) is 4. The molecule has 2 aliphatic heterocycles. The Morgan fingerprint density at radius 3 is 2.82 bits per heavy atom. The van der Waals surface area contributed by atoms with E-state index in [1.54, 1.807) is 6.07 Å². The van der Waals surface area contributed by atoms with Gasteiger partial charge in [-0.2, -0.15) is 5.26 Å². The maximum atomic E-state index is 11.4. The molecule has 0 saturated carbocycles. The van der Waals surface area contributed by atoms with Crippen molar-refractivity contribution in [2.45, 2.75) is 25.7 Å². The lowest BCUT2D eigenvalue weighted by molar-refractivity contribution is 0.0976. The number of anilines is 1. The van der Waals surface area contributed by atoms with E-state index in [1.165, 1.54) is 11.1 Å². The van der Waals surface area contributed by atoms with Crippen molar-refractivity contribution in [1.29, 1.82) is 5.26 Å². The van der Waals surface area contributed by atoms with E-state index in [0.717, 1.165) is 80.8 Å². The minimum Gasteiger partial charge on any atom is -0.451 e. The van der Waals surface area contributed by atoms with Crippen molar-refractivity contribution < 1.29 is 9.21 Å². The molecule has 2 aromatic rings. The van der Waals surface area contributed by atoms with Crippen LogP contribution < -0.4 is 10.6 Å². The molecule has 0 bridgehead atoms. The van der Waals surface area contributed by atoms with Gasteiger partial charge in [-0.15, -0.1) is 0 Å². The Morgan fingerprint density at radius 1 is 1.18 bits per heavy atom. The fourth-order valence-corrected chi connectivity index (χ4v) is 4.75. The number of nitrogens with two attached hydrogens (primary N) is 1. The van der Waals surface area contributed by atoms with Crippen LogP contribution in [-0.4, -0.2) is 49.2 Å². The van der Waals surface area contributed by atoms with Gasteiger partial charge >= 0.3 is 0 Å². The normalized spacial score (nSPS) is 18.3. The first-order valence-corrected chi connectivity index (χ1v) is 11.5. The smallest absolute Gasteiger partial charge is 0.284 e. The predicted molar refractivity (Wildman–Crippen MR) is 129 cm³/mol. The van der Waals surface area contributed by atoms with E-state index in [0.29, 0.717) is 5.58 Å². The first kappa shape index (κ1) is 21.2. The molecule has 1 aromatic heterocycles. The number of allylic oxidation sites excluding steroid dienone is 5. The van der Waals surface area contributed by atoms with Crippen molar-refractivity contribution >= 4 is 28.3 Å². The minimum absolute atomic E-state index is 0.199. The Morgan fingerprint density at radius 2 is 2.03 bits per heavy atom. The summed E-state index contributed by atoms with van der Waals surface area (Å²) in [4.78, 5) is 20.8. The van der Waals surface area contributed by atoms with Crippen LogP contribution >= 0.6 is 0 Å². The van der Waals surface area contributed by atoms with Crippen LogP contribution in [0.2, 0.25) is 0 Å². The van der Waals surface area contributed by atoms with Crippen LogP contribution in [0.15, 0.2) is 68.7 Å². The van der Waals surface area contributed by atoms with Crippen LogP contribution in [0, 0.1) is 11.3 Å². The van der Waals surface area contributed by atoms with Gasteiger partial charge in [0.1, 0.15) is 5.58 Å². The molecular weight excluding hydrogens is 414 g/mol. The molecule has 0 atom stereocenters. The van der Waals surface area contributed by atoms with Crippen LogP contribution in [0.25, 0.3) is 11.0 Å². The van der Waals surface area contributed by atoms with Crippen molar-refractivity contribution in [2.24, 2.45) is 10.7 Å². The fraction of sp³-hybridized carbons (Fsp3) is 0.346. The highest BCUT2D eigenvalue weighted by molar-refractivity contribution is 6.08. The second-order valence-electron chi connectivity index (χ2n) is 8.75. The number of carbonyl (C=O) groups excluding carboxylic acids is 1. The van der Waals surface area contributed by atoms with E-state index < -0.39 is 5.91 Å². The van der Waals surface area contributed by atoms with Crippen LogP contribution in [-0.2, 0) is 0 Å². The number of benzene rings is 1. The van der Waals surface area contributed by atoms with Gasteiger partial charge in [0.15, 0.2) is 5.76 Å². The van der Waals surface area contributed by atoms with Crippen molar-refractivity contribution in [3.8, 4) is 6.07 Å². The van der Waals surface area contributed by atoms with Crippen LogP contribution in [0.1, 0.15) is 36.2 Å². The molecule has 7 nitrogen and oxygen atoms in total. The molecule has 3 aliphatic rings. The third kappa shape index (κ3) is 4.48. The predicted octanol–water partition coefficient (Wildman–Crippen LogP) is 3.94. The lowest BCUT2D eigenvalue weighted by Crippen LogP contribution is -2.46. The number of hydrogen-bond acceptors (Lipinski definition) is 6. The van der Waals surface area contributed by atoms with Crippen molar-refractivity contribution in [1.82, 2.24) is 4.90 Å². The lowest BCUT2D eigenvalue weighted by Gasteiger charge is -2.36. The molecule has 0 radical (unpaired) electrons. The third-order valence-electron chi connectivity index (χ3n) is 6.63. The van der Waals surface area contributed by atoms with Gasteiger partial charge in [-0.05, 0) is 61.7 Å². The van der Waals surface area contributed by atoms with Gasteiger partial charge in [0.25, 0.3) is 5.91 Å². The van der Waals surface area contributed by atoms with Gasteiger partial charge in [-0.1, -0.05) is 6.08 Å². The summed E-state index contributed by atoms with van der Waals surface area (Å²) in [6, 6.07) is 9.99. The number of amides is 1. The summed E-state index contributed by atoms with van der Waals surface area (Å²) in [5, 5.41) is 10.1. The minimum atomic E-state index is -0.544. The summed E-state index contributed by atoms with van der Waals surface area (Å²) < 4.78 is 5.49. The molecule has 2 N–H and O–H groups in total. The number of rotatable bonds is 7. The van der Waals surface area contributed by atoms with Gasteiger partial charge in [-0.3, -0.25) is 14.7 Å². The molecule has 7 heteroatoms. The molecule has 33 heavy (non-hydrogen) atoms. The molecule has 1 aliphatic carbocycles. The van der Waals surface area contributed by atoms with E-state index in [2.05, 4.69) is 26.9 Å². The maximum Gasteiger partial charge on any atom is 0.284 e. The maximum absolute atomic E-state index is 11.4. The average Bonchev–Trinajstić information content (AvgIpc) is 3.45. The van der Waals surface area contributed by atoms with Gasteiger partial charge in [0.2, 0.25) is 0 Å². The average molecular weight is 442 g/mol. The number of nitriles is 1. The first-order valence-electron chi connectivity index (χ1n) is 11.5. The molecule has 3 heterocycles. The largest absolute Gasteiger partial charge is 0.451 e. The van der Waals surface area contributed by atoms with Gasteiger partial charge in [0.05, 0.1) is 11.8 Å². The number of primary amides is 1. The summed E-state index contributed by atoms with van der Waals surface area (Å²) in [6.45, 7) is 5.12. The zero-order valence-electron chi connectivity index (χ0n) is 18.6. The lowest BCUT2D eigenvalue weighted by atomic mass is 9.92. The molecule has 5 rings (SSSR count). The fourth-order valence-electron chi connectivity index (χ4n) is 4.75. The quantitative estimate of drug-likeness (QED) is 0.656. The Balaban J connectivity index is 1.08. The van der Waals surface area contributed by atoms with Crippen LogP contribution in [0.4, 0.5) is 5.69 Å². The second kappa shape index (κ2) is 9.08. The molecule has 0 unspecified atom stereocenters. The van der Waals surface area contributed by atoms with Gasteiger partial charge in [0, 0.05) is 61.0 Å². The van der Waals surface area contributed by atoms with Gasteiger partial charge < -0.3 is 15.1 Å². The molecule has 1 amide bonds. The zero-order chi connectivity index (χ0) is 22.8. The SMILES string of the molecule is N#CC1=CCC2=NC=C(CCCCN3CCN(c4ccc5oc(C(N)=O)cc5c4)CC3)C2=C1. The third-order valence-corrected chi connectivity index (χ3v) is 6.63. The standard InChI is InChI=1S/C26H27N5O2/c27-16-18-4-6-23-22(13-18)19(17-29-23)3-1-2-8-30-9-11-31(12-10-30)21-5-7-24-20(14-21)15-25(33-24)26(28)32/h4-5,7,13-15,17H,1-3,6,8-12H2,(H2,28,32). The van der Waals surface area contributed by atoms with Gasteiger partial charge in [-0.25, -0.2) is 0 Å². The Kier molecular flexibility index (Phi) is 5.84. The number of carbonyl (C=O) groups is 1. The number of furan rings is 1. The summed E-state index contributed by atoms with van der Waals surface area (Å²) in [6.07, 6.45) is 9.96. The second-order valence-corrected chi connectivity index (χ2v) is 8.75. The molecule has 0 spiro atoms. The summed E-state index contributed by atoms with van der Waals surface area (Å²) in [5.74, 6) is -0.345. The van der Waals surface area contributed by atoms with Crippen molar-refractivity contribution in [2.75, 3.05) is 37.6 Å². The molecule has 168 valence electrons. The highest BCUT2D eigenvalue weighted by Crippen LogP contribution is 2.30. The van der Waals surface area contributed by atoms with E-state index in [1.807, 2.05) is 30.5 Å². The summed E-state index contributed by atoms with van der Waals surface area (Å²) in [5.41, 5.74) is 11.4. The number of hydrogen-bond donors (Lipinski definition) is 1. The molecule has 1 aromatic carbocycles. The summed E-state index contributed by atoms with van der Waals surface area (Å²) >= 11 is 0. The number of unbranched alkanes of at least 4 members (excludes halogenated alkanes) is 1. The molecule has 1 fully saturated rings. The first-order chi connectivity index (χ1) is 16.1. The molecule has 1 saturated heterocycles. The highest BCUT2D eigenvalue weighted by atomic mass is 16.3. The van der Waals surface area contributed by atoms with Crippen molar-refractivity contribution in [3.05, 3.63) is 65.1 Å². The van der Waals surface area contributed by atoms with Crippen LogP contribution in [0.5, 0.6) is 0 Å². The Labute approximate surface area is 193 Å². The zero-order valence-corrected chi connectivity index (χ0v) is 18.6. The highest BCUT2D eigenvalue weighted by Gasteiger charge is 2.21. The summed E-state index contributed by atoms with van der Waals surface area (Å²) in [7, 11) is 0. The van der Waals surface area contributed by atoms with Crippen LogP contribution in [0.3, 0.4) is 0 Å². The molecular formula is C26H27N5O2. The van der Waals surface area contributed by atoms with E-state index >= 15 is 0 Å². The Bertz CT molecular complexity index is 1250. The van der Waals surface area contributed by atoms with Crippen molar-refractivity contribution in [3.63, 3.8) is 0 Å². The van der Waals surface area contributed by atoms with E-state index in [-0.39, 0.29) is 5.76 Å². The monoisotopic (exact) mass is 441 g/mol. The van der Waals surface area contributed by atoms with E-state index in [4.69, 9.17) is 15.4 Å². The topological polar surface area (TPSA) is 98.9 Å².